The van der Waals surface area contributed by atoms with Crippen LogP contribution in [0.25, 0.3) is 5.78 Å². The lowest BCUT2D eigenvalue weighted by Crippen LogP contribution is -2.14. The fourth-order valence-corrected chi connectivity index (χ4v) is 2.39. The molecule has 0 amide bonds. The van der Waals surface area contributed by atoms with E-state index >= 15 is 0 Å². The largest absolute Gasteiger partial charge is 0.325 e. The molecule has 16 heavy (non-hydrogen) atoms. The number of hydrogen-bond acceptors (Lipinski definition) is 3. The van der Waals surface area contributed by atoms with Gasteiger partial charge < -0.3 is 5.73 Å². The van der Waals surface area contributed by atoms with E-state index < -0.39 is 0 Å². The van der Waals surface area contributed by atoms with Crippen LogP contribution >= 0.6 is 0 Å². The molecular formula is C11H17N5. The third-order valence-electron chi connectivity index (χ3n) is 3.64. The lowest BCUT2D eigenvalue weighted by molar-refractivity contribution is 0.392. The summed E-state index contributed by atoms with van der Waals surface area (Å²) in [5.41, 5.74) is 7.74. The topological polar surface area (TPSA) is 61.1 Å². The molecule has 5 heteroatoms. The average Bonchev–Trinajstić information content (AvgIpc) is 2.63. The molecule has 0 atom stereocenters. The van der Waals surface area contributed by atoms with Crippen LogP contribution in [0.3, 0.4) is 0 Å². The van der Waals surface area contributed by atoms with Gasteiger partial charge in [0.05, 0.1) is 11.4 Å². The Morgan fingerprint density at radius 1 is 1.44 bits per heavy atom. The molecule has 0 radical (unpaired) electrons. The number of aryl methyl sites for hydroxylation is 2. The number of hydrogen-bond donors (Lipinski definition) is 1. The van der Waals surface area contributed by atoms with Crippen molar-refractivity contribution in [2.45, 2.75) is 38.6 Å². The highest BCUT2D eigenvalue weighted by atomic mass is 15.4. The predicted octanol–water partition coefficient (Wildman–Crippen LogP) is 1.10. The second kappa shape index (κ2) is 3.31. The van der Waals surface area contributed by atoms with Crippen molar-refractivity contribution in [1.29, 1.82) is 0 Å². The molecule has 3 rings (SSSR count). The van der Waals surface area contributed by atoms with Crippen molar-refractivity contribution in [3.63, 3.8) is 0 Å². The molecule has 0 saturated heterocycles. The van der Waals surface area contributed by atoms with Gasteiger partial charge in [0.2, 0.25) is 5.78 Å². The van der Waals surface area contributed by atoms with Gasteiger partial charge >= 0.3 is 0 Å². The van der Waals surface area contributed by atoms with Crippen LogP contribution in [0, 0.1) is 6.92 Å². The van der Waals surface area contributed by atoms with Gasteiger partial charge in [-0.05, 0) is 19.8 Å². The number of fused-ring (bicyclic) bond motifs is 1. The van der Waals surface area contributed by atoms with Crippen molar-refractivity contribution in [2.75, 3.05) is 0 Å². The van der Waals surface area contributed by atoms with E-state index in [0.717, 1.165) is 23.0 Å². The molecule has 2 aromatic heterocycles. The molecule has 2 heterocycles. The Bertz CT molecular complexity index is 532. The Balaban J connectivity index is 2.19. The van der Waals surface area contributed by atoms with Crippen molar-refractivity contribution in [3.05, 3.63) is 17.2 Å². The first-order valence-electron chi connectivity index (χ1n) is 5.83. The Hall–Kier alpha value is -1.36. The van der Waals surface area contributed by atoms with E-state index in [1.54, 1.807) is 0 Å². The first kappa shape index (κ1) is 9.84. The third kappa shape index (κ3) is 1.15. The van der Waals surface area contributed by atoms with E-state index in [4.69, 9.17) is 5.73 Å². The smallest absolute Gasteiger partial charge is 0.232 e. The van der Waals surface area contributed by atoms with Crippen molar-refractivity contribution in [2.24, 2.45) is 12.8 Å². The average molecular weight is 219 g/mol. The van der Waals surface area contributed by atoms with Crippen LogP contribution < -0.4 is 5.73 Å². The molecule has 0 aliphatic heterocycles. The molecule has 0 unspecified atom stereocenters. The van der Waals surface area contributed by atoms with Crippen LogP contribution in [-0.4, -0.2) is 19.2 Å². The Morgan fingerprint density at radius 2 is 2.19 bits per heavy atom. The minimum absolute atomic E-state index is 0.494. The van der Waals surface area contributed by atoms with Gasteiger partial charge in [0.25, 0.3) is 0 Å². The van der Waals surface area contributed by atoms with Crippen LogP contribution in [0.2, 0.25) is 0 Å². The summed E-state index contributed by atoms with van der Waals surface area (Å²) in [7, 11) is 2.04. The molecular weight excluding hydrogens is 202 g/mol. The van der Waals surface area contributed by atoms with Gasteiger partial charge in [0.1, 0.15) is 5.82 Å². The molecule has 86 valence electrons. The zero-order valence-corrected chi connectivity index (χ0v) is 9.77. The number of rotatable bonds is 2. The third-order valence-corrected chi connectivity index (χ3v) is 3.64. The van der Waals surface area contributed by atoms with Crippen molar-refractivity contribution < 1.29 is 0 Å². The van der Waals surface area contributed by atoms with Crippen LogP contribution in [0.15, 0.2) is 0 Å². The minimum atomic E-state index is 0.494. The minimum Gasteiger partial charge on any atom is -0.325 e. The molecule has 1 fully saturated rings. The molecule has 1 saturated carbocycles. The number of nitrogens with zero attached hydrogens (tertiary/aromatic N) is 4. The summed E-state index contributed by atoms with van der Waals surface area (Å²) in [6, 6.07) is 0. The summed E-state index contributed by atoms with van der Waals surface area (Å²) >= 11 is 0. The molecule has 1 aliphatic carbocycles. The molecule has 5 nitrogen and oxygen atoms in total. The summed E-state index contributed by atoms with van der Waals surface area (Å²) in [6.45, 7) is 2.48. The first-order valence-corrected chi connectivity index (χ1v) is 5.83. The molecule has 0 aromatic carbocycles. The molecule has 2 aromatic rings. The zero-order valence-electron chi connectivity index (χ0n) is 9.77. The first-order chi connectivity index (χ1) is 7.72. The predicted molar refractivity (Wildman–Crippen MR) is 61.2 cm³/mol. The Kier molecular flexibility index (Phi) is 2.04. The van der Waals surface area contributed by atoms with E-state index in [9.17, 15) is 0 Å². The second-order valence-corrected chi connectivity index (χ2v) is 4.60. The highest BCUT2D eigenvalue weighted by Gasteiger charge is 2.26. The SMILES string of the molecule is Cc1nc2n(C)c(C3CCC3)nn2c1CN. The van der Waals surface area contributed by atoms with Gasteiger partial charge in [-0.25, -0.2) is 4.98 Å². The maximum Gasteiger partial charge on any atom is 0.232 e. The van der Waals surface area contributed by atoms with E-state index in [1.165, 1.54) is 19.3 Å². The molecule has 0 bridgehead atoms. The fourth-order valence-electron chi connectivity index (χ4n) is 2.39. The van der Waals surface area contributed by atoms with Gasteiger partial charge in [0, 0.05) is 19.5 Å². The summed E-state index contributed by atoms with van der Waals surface area (Å²) in [4.78, 5) is 4.53. The summed E-state index contributed by atoms with van der Waals surface area (Å²) < 4.78 is 4.01. The van der Waals surface area contributed by atoms with Gasteiger partial charge in [0.15, 0.2) is 0 Å². The lowest BCUT2D eigenvalue weighted by atomic mass is 9.85. The Labute approximate surface area is 94.3 Å². The highest BCUT2D eigenvalue weighted by Crippen LogP contribution is 2.35. The summed E-state index contributed by atoms with van der Waals surface area (Å²) in [6.07, 6.45) is 3.83. The lowest BCUT2D eigenvalue weighted by Gasteiger charge is -2.23. The Morgan fingerprint density at radius 3 is 2.75 bits per heavy atom. The van der Waals surface area contributed by atoms with Crippen molar-refractivity contribution in [3.8, 4) is 0 Å². The van der Waals surface area contributed by atoms with E-state index in [2.05, 4.69) is 14.6 Å². The summed E-state index contributed by atoms with van der Waals surface area (Å²) in [5.74, 6) is 2.70. The summed E-state index contributed by atoms with van der Waals surface area (Å²) in [5, 5.41) is 4.66. The van der Waals surface area contributed by atoms with E-state index in [0.29, 0.717) is 12.5 Å². The fraction of sp³-hybridized carbons (Fsp3) is 0.636. The normalized spacial score (nSPS) is 16.9. The van der Waals surface area contributed by atoms with E-state index in [1.807, 2.05) is 18.5 Å². The monoisotopic (exact) mass is 219 g/mol. The number of aromatic nitrogens is 4. The maximum atomic E-state index is 5.73. The van der Waals surface area contributed by atoms with Crippen molar-refractivity contribution >= 4 is 5.78 Å². The molecule has 2 N–H and O–H groups in total. The van der Waals surface area contributed by atoms with Gasteiger partial charge in [-0.1, -0.05) is 6.42 Å². The standard InChI is InChI=1S/C11H17N5/c1-7-9(6-12)16-11(13-7)15(2)10(14-16)8-4-3-5-8/h8H,3-6,12H2,1-2H3. The quantitative estimate of drug-likeness (QED) is 0.822. The number of imidazole rings is 1. The highest BCUT2D eigenvalue weighted by molar-refractivity contribution is 5.37. The van der Waals surface area contributed by atoms with Crippen LogP contribution in [-0.2, 0) is 13.6 Å². The van der Waals surface area contributed by atoms with Gasteiger partial charge in [-0.2, -0.15) is 9.61 Å². The van der Waals surface area contributed by atoms with Crippen LogP contribution in [0.4, 0.5) is 0 Å². The molecule has 1 aliphatic rings. The maximum absolute atomic E-state index is 5.73. The van der Waals surface area contributed by atoms with Gasteiger partial charge in [-0.15, -0.1) is 0 Å². The van der Waals surface area contributed by atoms with Crippen LogP contribution in [0.1, 0.15) is 42.4 Å². The molecule has 0 spiro atoms. The number of nitrogens with two attached hydrogens (primary N) is 1. The van der Waals surface area contributed by atoms with Crippen molar-refractivity contribution in [1.82, 2.24) is 19.2 Å². The van der Waals surface area contributed by atoms with Crippen LogP contribution in [0.5, 0.6) is 0 Å². The van der Waals surface area contributed by atoms with E-state index in [-0.39, 0.29) is 0 Å². The second-order valence-electron chi connectivity index (χ2n) is 4.60. The zero-order chi connectivity index (χ0) is 11.3. The van der Waals surface area contributed by atoms with Gasteiger partial charge in [-0.3, -0.25) is 4.57 Å².